The lowest BCUT2D eigenvalue weighted by Gasteiger charge is -2.11. The number of methoxy groups -OCH3 is 1. The van der Waals surface area contributed by atoms with Gasteiger partial charge in [-0.3, -0.25) is 9.59 Å². The second kappa shape index (κ2) is 7.74. The number of rotatable bonds is 6. The van der Waals surface area contributed by atoms with Crippen LogP contribution in [0.3, 0.4) is 0 Å². The minimum atomic E-state index is -0.171. The highest BCUT2D eigenvalue weighted by molar-refractivity contribution is 6.02. The number of pyridine rings is 1. The van der Waals surface area contributed by atoms with E-state index in [1.807, 2.05) is 12.1 Å². The number of carbonyl (C=O) groups is 1. The number of benzene rings is 2. The van der Waals surface area contributed by atoms with E-state index >= 15 is 0 Å². The SMILES string of the molecule is COCCn1ccc2c(NC(=O)Cc3ccc4c(c3)OCO4)cccc2c1=O. The zero-order valence-corrected chi connectivity index (χ0v) is 15.4. The molecule has 1 N–H and O–H groups in total. The largest absolute Gasteiger partial charge is 0.454 e. The Hall–Kier alpha value is -3.32. The zero-order chi connectivity index (χ0) is 19.5. The van der Waals surface area contributed by atoms with Crippen LogP contribution in [0.1, 0.15) is 5.56 Å². The standard InChI is InChI=1S/C21H20N2O5/c1-26-10-9-23-8-7-15-16(21(23)25)3-2-4-17(15)22-20(24)12-14-5-6-18-19(11-14)28-13-27-18/h2-8,11H,9-10,12-13H2,1H3,(H,22,24). The minimum Gasteiger partial charge on any atom is -0.454 e. The van der Waals surface area contributed by atoms with Crippen LogP contribution < -0.4 is 20.3 Å². The lowest BCUT2D eigenvalue weighted by atomic mass is 10.1. The van der Waals surface area contributed by atoms with Crippen molar-refractivity contribution in [2.75, 3.05) is 25.8 Å². The van der Waals surface area contributed by atoms with Crippen LogP contribution in [-0.2, 0) is 22.5 Å². The lowest BCUT2D eigenvalue weighted by Crippen LogP contribution is -2.22. The van der Waals surface area contributed by atoms with Crippen LogP contribution in [0.4, 0.5) is 5.69 Å². The summed E-state index contributed by atoms with van der Waals surface area (Å²) in [5.41, 5.74) is 1.32. The number of anilines is 1. The highest BCUT2D eigenvalue weighted by Crippen LogP contribution is 2.32. The molecule has 0 saturated heterocycles. The van der Waals surface area contributed by atoms with Gasteiger partial charge < -0.3 is 24.1 Å². The van der Waals surface area contributed by atoms with Crippen LogP contribution in [0.15, 0.2) is 53.5 Å². The third-order valence-corrected chi connectivity index (χ3v) is 4.63. The summed E-state index contributed by atoms with van der Waals surface area (Å²) < 4.78 is 17.3. The van der Waals surface area contributed by atoms with E-state index in [1.54, 1.807) is 48.2 Å². The smallest absolute Gasteiger partial charge is 0.258 e. The first kappa shape index (κ1) is 18.1. The summed E-state index contributed by atoms with van der Waals surface area (Å²) >= 11 is 0. The fourth-order valence-electron chi connectivity index (χ4n) is 3.22. The molecule has 0 bridgehead atoms. The molecule has 28 heavy (non-hydrogen) atoms. The number of hydrogen-bond acceptors (Lipinski definition) is 5. The molecule has 3 aromatic rings. The topological polar surface area (TPSA) is 78.8 Å². The maximum atomic E-state index is 12.6. The fourth-order valence-corrected chi connectivity index (χ4v) is 3.22. The van der Waals surface area contributed by atoms with E-state index in [0.29, 0.717) is 41.1 Å². The third kappa shape index (κ3) is 3.57. The van der Waals surface area contributed by atoms with Gasteiger partial charge in [-0.05, 0) is 35.9 Å². The Morgan fingerprint density at radius 3 is 2.86 bits per heavy atom. The van der Waals surface area contributed by atoms with Crippen molar-refractivity contribution < 1.29 is 19.0 Å². The summed E-state index contributed by atoms with van der Waals surface area (Å²) in [5, 5.41) is 4.17. The summed E-state index contributed by atoms with van der Waals surface area (Å²) in [7, 11) is 1.60. The quantitative estimate of drug-likeness (QED) is 0.711. The van der Waals surface area contributed by atoms with Gasteiger partial charge in [-0.1, -0.05) is 12.1 Å². The third-order valence-electron chi connectivity index (χ3n) is 4.63. The maximum Gasteiger partial charge on any atom is 0.258 e. The van der Waals surface area contributed by atoms with Crippen molar-refractivity contribution in [2.24, 2.45) is 0 Å². The Morgan fingerprint density at radius 1 is 1.14 bits per heavy atom. The van der Waals surface area contributed by atoms with Crippen LogP contribution in [0.2, 0.25) is 0 Å². The molecule has 1 aliphatic rings. The maximum absolute atomic E-state index is 12.6. The molecule has 2 aromatic carbocycles. The van der Waals surface area contributed by atoms with Crippen molar-refractivity contribution in [2.45, 2.75) is 13.0 Å². The summed E-state index contributed by atoms with van der Waals surface area (Å²) in [5.74, 6) is 1.16. The van der Waals surface area contributed by atoms with E-state index in [0.717, 1.165) is 5.56 Å². The van der Waals surface area contributed by atoms with Gasteiger partial charge in [0.2, 0.25) is 12.7 Å². The molecule has 7 nitrogen and oxygen atoms in total. The first-order valence-corrected chi connectivity index (χ1v) is 8.95. The molecular formula is C21H20N2O5. The molecule has 4 rings (SSSR count). The van der Waals surface area contributed by atoms with E-state index in [-0.39, 0.29) is 24.7 Å². The first-order valence-electron chi connectivity index (χ1n) is 8.95. The monoisotopic (exact) mass is 380 g/mol. The van der Waals surface area contributed by atoms with Gasteiger partial charge in [0.15, 0.2) is 11.5 Å². The Bertz CT molecular complexity index is 1090. The molecule has 0 unspecified atom stereocenters. The second-order valence-electron chi connectivity index (χ2n) is 6.49. The molecule has 0 atom stereocenters. The Labute approximate surface area is 161 Å². The number of nitrogens with zero attached hydrogens (tertiary/aromatic N) is 1. The average molecular weight is 380 g/mol. The predicted octanol–water partition coefficient (Wildman–Crippen LogP) is 2.56. The molecule has 0 fully saturated rings. The van der Waals surface area contributed by atoms with Crippen LogP contribution >= 0.6 is 0 Å². The number of ether oxygens (including phenoxy) is 3. The van der Waals surface area contributed by atoms with Gasteiger partial charge in [0.05, 0.1) is 13.0 Å². The number of amides is 1. The molecule has 7 heteroatoms. The molecule has 0 spiro atoms. The van der Waals surface area contributed by atoms with Gasteiger partial charge in [-0.15, -0.1) is 0 Å². The molecule has 144 valence electrons. The van der Waals surface area contributed by atoms with Crippen molar-refractivity contribution in [3.05, 3.63) is 64.6 Å². The highest BCUT2D eigenvalue weighted by atomic mass is 16.7. The molecule has 0 aliphatic carbocycles. The number of aromatic nitrogens is 1. The van der Waals surface area contributed by atoms with Gasteiger partial charge in [0.25, 0.3) is 5.56 Å². The number of hydrogen-bond donors (Lipinski definition) is 1. The van der Waals surface area contributed by atoms with Gasteiger partial charge in [-0.25, -0.2) is 0 Å². The molecule has 1 amide bonds. The Kier molecular flexibility index (Phi) is 4.99. The van der Waals surface area contributed by atoms with Crippen LogP contribution in [0.25, 0.3) is 10.8 Å². The fraction of sp³-hybridized carbons (Fsp3) is 0.238. The molecular weight excluding hydrogens is 360 g/mol. The van der Waals surface area contributed by atoms with E-state index < -0.39 is 0 Å². The Balaban J connectivity index is 1.55. The van der Waals surface area contributed by atoms with E-state index in [2.05, 4.69) is 5.32 Å². The zero-order valence-electron chi connectivity index (χ0n) is 15.4. The van der Waals surface area contributed by atoms with Gasteiger partial charge in [0, 0.05) is 36.3 Å². The van der Waals surface area contributed by atoms with E-state index in [1.165, 1.54) is 0 Å². The van der Waals surface area contributed by atoms with Crippen molar-refractivity contribution in [3.63, 3.8) is 0 Å². The summed E-state index contributed by atoms with van der Waals surface area (Å²) in [4.78, 5) is 25.2. The van der Waals surface area contributed by atoms with Gasteiger partial charge in [0.1, 0.15) is 0 Å². The summed E-state index contributed by atoms with van der Waals surface area (Å²) in [6.07, 6.45) is 1.91. The van der Waals surface area contributed by atoms with E-state index in [4.69, 9.17) is 14.2 Å². The molecule has 0 radical (unpaired) electrons. The molecule has 2 heterocycles. The van der Waals surface area contributed by atoms with Crippen molar-refractivity contribution in [1.82, 2.24) is 4.57 Å². The molecule has 1 aliphatic heterocycles. The molecule has 0 saturated carbocycles. The van der Waals surface area contributed by atoms with Gasteiger partial charge >= 0.3 is 0 Å². The second-order valence-corrected chi connectivity index (χ2v) is 6.49. The van der Waals surface area contributed by atoms with Crippen LogP contribution in [-0.4, -0.2) is 31.0 Å². The predicted molar refractivity (Wildman–Crippen MR) is 105 cm³/mol. The highest BCUT2D eigenvalue weighted by Gasteiger charge is 2.15. The van der Waals surface area contributed by atoms with Crippen LogP contribution in [0.5, 0.6) is 11.5 Å². The Morgan fingerprint density at radius 2 is 2.00 bits per heavy atom. The van der Waals surface area contributed by atoms with Crippen LogP contribution in [0, 0.1) is 0 Å². The van der Waals surface area contributed by atoms with Crippen molar-refractivity contribution >= 4 is 22.4 Å². The van der Waals surface area contributed by atoms with E-state index in [9.17, 15) is 9.59 Å². The van der Waals surface area contributed by atoms with Crippen molar-refractivity contribution in [3.8, 4) is 11.5 Å². The van der Waals surface area contributed by atoms with Gasteiger partial charge in [-0.2, -0.15) is 0 Å². The first-order chi connectivity index (χ1) is 13.7. The average Bonchev–Trinajstić information content (AvgIpc) is 3.16. The summed E-state index contributed by atoms with van der Waals surface area (Å²) in [6, 6.07) is 12.6. The normalized spacial score (nSPS) is 12.3. The summed E-state index contributed by atoms with van der Waals surface area (Å²) in [6.45, 7) is 1.13. The molecule has 1 aromatic heterocycles. The lowest BCUT2D eigenvalue weighted by molar-refractivity contribution is -0.115. The number of nitrogens with one attached hydrogen (secondary N) is 1. The number of fused-ring (bicyclic) bond motifs is 2. The van der Waals surface area contributed by atoms with Crippen molar-refractivity contribution in [1.29, 1.82) is 0 Å². The number of carbonyl (C=O) groups excluding carboxylic acids is 1. The minimum absolute atomic E-state index is 0.110.